The van der Waals surface area contributed by atoms with Crippen LogP contribution in [-0.2, 0) is 11.3 Å². The molecule has 2 fully saturated rings. The summed E-state index contributed by atoms with van der Waals surface area (Å²) < 4.78 is 0.994. The molecule has 3 rings (SSSR count). The van der Waals surface area contributed by atoms with Crippen molar-refractivity contribution in [2.75, 3.05) is 13.1 Å². The van der Waals surface area contributed by atoms with E-state index >= 15 is 0 Å². The molecule has 0 radical (unpaired) electrons. The van der Waals surface area contributed by atoms with E-state index in [9.17, 15) is 9.90 Å². The first kappa shape index (κ1) is 16.5. The Kier molecular flexibility index (Phi) is 4.74. The van der Waals surface area contributed by atoms with E-state index in [2.05, 4.69) is 37.3 Å². The van der Waals surface area contributed by atoms with Crippen LogP contribution in [0.2, 0.25) is 0 Å². The van der Waals surface area contributed by atoms with E-state index in [0.717, 1.165) is 36.5 Å². The minimum atomic E-state index is -0.691. The van der Waals surface area contributed by atoms with Crippen molar-refractivity contribution in [2.24, 2.45) is 17.6 Å². The zero-order valence-corrected chi connectivity index (χ0v) is 14.0. The Hall–Kier alpha value is -1.39. The molecule has 0 amide bonds. The number of hydrogen-bond donors (Lipinski definition) is 2. The summed E-state index contributed by atoms with van der Waals surface area (Å²) in [6, 6.07) is 11.4. The molecule has 3 unspecified atom stereocenters. The Bertz CT molecular complexity index is 542. The van der Waals surface area contributed by atoms with Crippen LogP contribution in [0.3, 0.4) is 0 Å². The Balaban J connectivity index is 1.83. The number of nitrogens with two attached hydrogens (primary N) is 1. The van der Waals surface area contributed by atoms with E-state index in [1.54, 1.807) is 0 Å². The lowest BCUT2D eigenvalue weighted by Crippen LogP contribution is -2.67. The summed E-state index contributed by atoms with van der Waals surface area (Å²) in [4.78, 5) is 11.2. The lowest BCUT2D eigenvalue weighted by atomic mass is 9.76. The maximum Gasteiger partial charge on any atom is 0.303 e. The quantitative estimate of drug-likeness (QED) is 0.821. The average Bonchev–Trinajstić information content (AvgIpc) is 2.43. The van der Waals surface area contributed by atoms with Crippen molar-refractivity contribution in [3.8, 4) is 0 Å². The van der Waals surface area contributed by atoms with Crippen LogP contribution in [0.25, 0.3) is 0 Å². The molecular weight excluding hydrogens is 288 g/mol. The number of carbonyl (C=O) groups is 1. The molecule has 1 heterocycles. The number of piperidine rings is 1. The van der Waals surface area contributed by atoms with Gasteiger partial charge in [0.1, 0.15) is 6.54 Å². The second-order valence-corrected chi connectivity index (χ2v) is 7.92. The van der Waals surface area contributed by atoms with Crippen LogP contribution in [0.15, 0.2) is 30.3 Å². The number of carboxylic acids is 1. The Morgan fingerprint density at radius 3 is 2.52 bits per heavy atom. The highest BCUT2D eigenvalue weighted by Crippen LogP contribution is 2.41. The maximum absolute atomic E-state index is 11.2. The molecule has 3 atom stereocenters. The number of nitrogens with zero attached hydrogens (tertiary/aromatic N) is 1. The van der Waals surface area contributed by atoms with E-state index in [4.69, 9.17) is 5.73 Å². The third kappa shape index (κ3) is 3.75. The van der Waals surface area contributed by atoms with E-state index in [1.165, 1.54) is 18.4 Å². The third-order valence-electron chi connectivity index (χ3n) is 5.78. The molecule has 1 aromatic rings. The first-order valence-electron chi connectivity index (χ1n) is 8.84. The standard InChI is InChI=1S/C19H28N2O2/c1-14-7-18(8-14)21(11-15-5-3-2-4-6-15)12-16(10-19(22)23)9-17(20)13-21/h2-6,14,16-18H,7-13,20H2,1H3/p+1. The van der Waals surface area contributed by atoms with Gasteiger partial charge >= 0.3 is 5.97 Å². The molecule has 23 heavy (non-hydrogen) atoms. The molecule has 0 bridgehead atoms. The third-order valence-corrected chi connectivity index (χ3v) is 5.78. The number of benzene rings is 1. The number of rotatable bonds is 5. The highest BCUT2D eigenvalue weighted by molar-refractivity contribution is 5.67. The van der Waals surface area contributed by atoms with Crippen molar-refractivity contribution in [1.82, 2.24) is 0 Å². The molecule has 0 spiro atoms. The number of likely N-dealkylation sites (tertiary alicyclic amines) is 1. The van der Waals surface area contributed by atoms with Crippen molar-refractivity contribution >= 4 is 5.97 Å². The van der Waals surface area contributed by atoms with Crippen LogP contribution in [0, 0.1) is 11.8 Å². The van der Waals surface area contributed by atoms with Gasteiger partial charge in [0.25, 0.3) is 0 Å². The van der Waals surface area contributed by atoms with E-state index < -0.39 is 5.97 Å². The van der Waals surface area contributed by atoms with Crippen molar-refractivity contribution in [3.63, 3.8) is 0 Å². The van der Waals surface area contributed by atoms with Crippen LogP contribution in [-0.4, -0.2) is 40.7 Å². The van der Waals surface area contributed by atoms with Gasteiger partial charge < -0.3 is 15.3 Å². The van der Waals surface area contributed by atoms with Crippen LogP contribution in [0.1, 0.15) is 38.2 Å². The second kappa shape index (κ2) is 6.62. The van der Waals surface area contributed by atoms with Gasteiger partial charge in [-0.1, -0.05) is 37.3 Å². The van der Waals surface area contributed by atoms with Crippen LogP contribution in [0.4, 0.5) is 0 Å². The molecule has 1 saturated heterocycles. The van der Waals surface area contributed by atoms with Crippen LogP contribution < -0.4 is 5.73 Å². The number of hydrogen-bond acceptors (Lipinski definition) is 2. The summed E-state index contributed by atoms with van der Waals surface area (Å²) in [5.74, 6) is 0.307. The first-order chi connectivity index (χ1) is 11.0. The van der Waals surface area contributed by atoms with Crippen molar-refractivity contribution < 1.29 is 14.4 Å². The van der Waals surface area contributed by atoms with Gasteiger partial charge in [-0.05, 0) is 12.3 Å². The molecule has 0 aromatic heterocycles. The smallest absolute Gasteiger partial charge is 0.303 e. The summed E-state index contributed by atoms with van der Waals surface area (Å²) in [5, 5.41) is 9.22. The molecule has 3 N–H and O–H groups in total. The highest BCUT2D eigenvalue weighted by Gasteiger charge is 2.48. The Morgan fingerprint density at radius 1 is 1.22 bits per heavy atom. The number of quaternary nitrogens is 1. The molecule has 1 saturated carbocycles. The first-order valence-corrected chi connectivity index (χ1v) is 8.84. The molecule has 4 heteroatoms. The van der Waals surface area contributed by atoms with Gasteiger partial charge in [0.05, 0.1) is 31.6 Å². The normalized spacial score (nSPS) is 37.1. The fourth-order valence-corrected chi connectivity index (χ4v) is 4.84. The number of carboxylic acid groups (broad SMARTS) is 1. The number of aliphatic carboxylic acids is 1. The maximum atomic E-state index is 11.2. The van der Waals surface area contributed by atoms with Crippen molar-refractivity contribution in [3.05, 3.63) is 35.9 Å². The highest BCUT2D eigenvalue weighted by atomic mass is 16.4. The van der Waals surface area contributed by atoms with Gasteiger partial charge in [-0.2, -0.15) is 0 Å². The summed E-state index contributed by atoms with van der Waals surface area (Å²) in [7, 11) is 0. The van der Waals surface area contributed by atoms with Gasteiger partial charge in [-0.15, -0.1) is 0 Å². The Morgan fingerprint density at radius 2 is 1.91 bits per heavy atom. The Labute approximate surface area is 138 Å². The van der Waals surface area contributed by atoms with Gasteiger partial charge in [0.15, 0.2) is 0 Å². The van der Waals surface area contributed by atoms with Crippen LogP contribution >= 0.6 is 0 Å². The monoisotopic (exact) mass is 317 g/mol. The van der Waals surface area contributed by atoms with Crippen molar-refractivity contribution in [1.29, 1.82) is 0 Å². The predicted molar refractivity (Wildman–Crippen MR) is 90.7 cm³/mol. The van der Waals surface area contributed by atoms with E-state index in [0.29, 0.717) is 6.04 Å². The van der Waals surface area contributed by atoms with E-state index in [1.807, 2.05) is 0 Å². The molecular formula is C19H29N2O2+. The molecule has 2 aliphatic rings. The summed E-state index contributed by atoms with van der Waals surface area (Å²) in [6.07, 6.45) is 3.60. The molecule has 1 aliphatic carbocycles. The average molecular weight is 317 g/mol. The summed E-state index contributed by atoms with van der Waals surface area (Å²) in [5.41, 5.74) is 7.72. The largest absolute Gasteiger partial charge is 0.481 e. The zero-order chi connectivity index (χ0) is 16.4. The lowest BCUT2D eigenvalue weighted by molar-refractivity contribution is -0.977. The molecule has 4 nitrogen and oxygen atoms in total. The van der Waals surface area contributed by atoms with Crippen molar-refractivity contribution in [2.45, 2.75) is 51.2 Å². The summed E-state index contributed by atoms with van der Waals surface area (Å²) in [6.45, 7) is 5.25. The van der Waals surface area contributed by atoms with Gasteiger partial charge in [-0.25, -0.2) is 0 Å². The topological polar surface area (TPSA) is 63.3 Å². The molecule has 1 aromatic carbocycles. The summed E-state index contributed by atoms with van der Waals surface area (Å²) >= 11 is 0. The van der Waals surface area contributed by atoms with Gasteiger partial charge in [0.2, 0.25) is 0 Å². The predicted octanol–water partition coefficient (Wildman–Crippen LogP) is 2.62. The SMILES string of the molecule is CC1CC([N+]2(Cc3ccccc3)CC(N)CC(CC(=O)O)C2)C1. The molecule has 1 aliphatic heterocycles. The lowest BCUT2D eigenvalue weighted by Gasteiger charge is -2.55. The van der Waals surface area contributed by atoms with Gasteiger partial charge in [-0.3, -0.25) is 4.79 Å². The minimum Gasteiger partial charge on any atom is -0.481 e. The fourth-order valence-electron chi connectivity index (χ4n) is 4.84. The zero-order valence-electron chi connectivity index (χ0n) is 14.0. The van der Waals surface area contributed by atoms with Gasteiger partial charge in [0, 0.05) is 24.3 Å². The molecule has 126 valence electrons. The van der Waals surface area contributed by atoms with E-state index in [-0.39, 0.29) is 18.4 Å². The second-order valence-electron chi connectivity index (χ2n) is 7.92. The fraction of sp³-hybridized carbons (Fsp3) is 0.632. The minimum absolute atomic E-state index is 0.118. The van der Waals surface area contributed by atoms with Crippen LogP contribution in [0.5, 0.6) is 0 Å².